The van der Waals surface area contributed by atoms with Gasteiger partial charge in [0.2, 0.25) is 0 Å². The van der Waals surface area contributed by atoms with Gasteiger partial charge in [0.1, 0.15) is 0 Å². The van der Waals surface area contributed by atoms with Crippen molar-refractivity contribution < 1.29 is 13.2 Å². The molecule has 0 heterocycles. The molecule has 0 saturated carbocycles. The normalized spacial score (nSPS) is 12.0. The Hall–Kier alpha value is -2.01. The molecule has 2 rings (SSSR count). The van der Waals surface area contributed by atoms with Crippen LogP contribution in [-0.2, 0) is 12.6 Å². The van der Waals surface area contributed by atoms with Crippen LogP contribution in [0.25, 0.3) is 0 Å². The van der Waals surface area contributed by atoms with Gasteiger partial charge in [-0.3, -0.25) is 0 Å². The monoisotopic (exact) mass is 382 g/mol. The molecule has 140 valence electrons. The molecule has 26 heavy (non-hydrogen) atoms. The van der Waals surface area contributed by atoms with Crippen molar-refractivity contribution in [3.63, 3.8) is 0 Å². The number of alkyl halides is 3. The second-order valence-corrected chi connectivity index (χ2v) is 6.78. The molecule has 0 atom stereocenters. The number of hydrogen-bond donors (Lipinski definition) is 0. The molecule has 0 saturated heterocycles. The van der Waals surface area contributed by atoms with E-state index in [1.54, 1.807) is 18.5 Å². The van der Waals surface area contributed by atoms with Gasteiger partial charge in [-0.2, -0.15) is 13.2 Å². The first-order valence-corrected chi connectivity index (χ1v) is 8.69. The SMILES string of the molecule is CCN(C)/C=N\c1cc(C)c(Cc2ccc(C)c(C(F)(F)F)c2)cc1Cl. The number of hydrogen-bond acceptors (Lipinski definition) is 1. The van der Waals surface area contributed by atoms with Gasteiger partial charge in [0.25, 0.3) is 0 Å². The lowest BCUT2D eigenvalue weighted by atomic mass is 9.97. The van der Waals surface area contributed by atoms with Crippen molar-refractivity contribution in [2.24, 2.45) is 4.99 Å². The summed E-state index contributed by atoms with van der Waals surface area (Å²) in [6, 6.07) is 8.08. The third-order valence-corrected chi connectivity index (χ3v) is 4.60. The van der Waals surface area contributed by atoms with Crippen molar-refractivity contribution in [2.75, 3.05) is 13.6 Å². The molecular formula is C20H22ClF3N2. The van der Waals surface area contributed by atoms with E-state index in [2.05, 4.69) is 4.99 Å². The Morgan fingerprint density at radius 3 is 2.42 bits per heavy atom. The molecular weight excluding hydrogens is 361 g/mol. The zero-order valence-electron chi connectivity index (χ0n) is 15.3. The fourth-order valence-electron chi connectivity index (χ4n) is 2.54. The maximum Gasteiger partial charge on any atom is 0.416 e. The minimum absolute atomic E-state index is 0.223. The van der Waals surface area contributed by atoms with Gasteiger partial charge in [0.15, 0.2) is 0 Å². The maximum atomic E-state index is 13.1. The summed E-state index contributed by atoms with van der Waals surface area (Å²) in [5, 5.41) is 0.481. The Bertz CT molecular complexity index is 813. The highest BCUT2D eigenvalue weighted by atomic mass is 35.5. The van der Waals surface area contributed by atoms with E-state index in [9.17, 15) is 13.2 Å². The lowest BCUT2D eigenvalue weighted by molar-refractivity contribution is -0.138. The summed E-state index contributed by atoms with van der Waals surface area (Å²) in [6.45, 7) is 6.22. The summed E-state index contributed by atoms with van der Waals surface area (Å²) in [5.41, 5.74) is 2.70. The highest BCUT2D eigenvalue weighted by molar-refractivity contribution is 6.33. The van der Waals surface area contributed by atoms with Crippen LogP contribution in [0.5, 0.6) is 0 Å². The molecule has 0 radical (unpaired) electrons. The predicted molar refractivity (Wildman–Crippen MR) is 102 cm³/mol. The minimum Gasteiger partial charge on any atom is -0.366 e. The number of rotatable bonds is 5. The fraction of sp³-hybridized carbons (Fsp3) is 0.350. The lowest BCUT2D eigenvalue weighted by Crippen LogP contribution is -2.14. The molecule has 0 aliphatic rings. The summed E-state index contributed by atoms with van der Waals surface area (Å²) in [6.07, 6.45) is -2.26. The zero-order chi connectivity index (χ0) is 19.5. The number of nitrogens with zero attached hydrogens (tertiary/aromatic N) is 2. The van der Waals surface area contributed by atoms with Crippen LogP contribution in [-0.4, -0.2) is 24.8 Å². The number of aryl methyl sites for hydroxylation is 2. The Kier molecular flexibility index (Phi) is 6.34. The first kappa shape index (κ1) is 20.3. The first-order valence-electron chi connectivity index (χ1n) is 8.32. The second-order valence-electron chi connectivity index (χ2n) is 6.37. The summed E-state index contributed by atoms with van der Waals surface area (Å²) < 4.78 is 39.3. The van der Waals surface area contributed by atoms with E-state index in [1.165, 1.54) is 19.1 Å². The van der Waals surface area contributed by atoms with Crippen molar-refractivity contribution in [2.45, 2.75) is 33.4 Å². The third kappa shape index (κ3) is 5.01. The van der Waals surface area contributed by atoms with Crippen molar-refractivity contribution in [1.29, 1.82) is 0 Å². The summed E-state index contributed by atoms with van der Waals surface area (Å²) >= 11 is 6.31. The number of benzene rings is 2. The summed E-state index contributed by atoms with van der Waals surface area (Å²) in [4.78, 5) is 6.28. The largest absolute Gasteiger partial charge is 0.416 e. The molecule has 0 aliphatic heterocycles. The van der Waals surface area contributed by atoms with Gasteiger partial charge in [-0.05, 0) is 67.6 Å². The Morgan fingerprint density at radius 2 is 1.81 bits per heavy atom. The van der Waals surface area contributed by atoms with Crippen LogP contribution in [0.4, 0.5) is 18.9 Å². The molecule has 6 heteroatoms. The Balaban J connectivity index is 2.31. The van der Waals surface area contributed by atoms with E-state index in [4.69, 9.17) is 11.6 Å². The molecule has 0 spiro atoms. The molecule has 0 bridgehead atoms. The Morgan fingerprint density at radius 1 is 1.12 bits per heavy atom. The van der Waals surface area contributed by atoms with E-state index in [1.807, 2.05) is 31.9 Å². The van der Waals surface area contributed by atoms with Crippen LogP contribution in [0.15, 0.2) is 35.3 Å². The van der Waals surface area contributed by atoms with Gasteiger partial charge < -0.3 is 4.90 Å². The third-order valence-electron chi connectivity index (χ3n) is 4.30. The molecule has 0 aromatic heterocycles. The van der Waals surface area contributed by atoms with Crippen LogP contribution in [0.3, 0.4) is 0 Å². The Labute approximate surface area is 157 Å². The van der Waals surface area contributed by atoms with Gasteiger partial charge in [-0.15, -0.1) is 0 Å². The quantitative estimate of drug-likeness (QED) is 0.445. The van der Waals surface area contributed by atoms with Gasteiger partial charge in [0.05, 0.1) is 22.6 Å². The van der Waals surface area contributed by atoms with Crippen LogP contribution < -0.4 is 0 Å². The number of halogens is 4. The topological polar surface area (TPSA) is 15.6 Å². The molecule has 2 aromatic carbocycles. The van der Waals surface area contributed by atoms with Crippen LogP contribution in [0, 0.1) is 13.8 Å². The van der Waals surface area contributed by atoms with Crippen molar-refractivity contribution in [1.82, 2.24) is 4.90 Å². The first-order chi connectivity index (χ1) is 12.1. The maximum absolute atomic E-state index is 13.1. The van der Waals surface area contributed by atoms with Gasteiger partial charge >= 0.3 is 6.18 Å². The molecule has 0 amide bonds. The number of aliphatic imine (C=N–C) groups is 1. The van der Waals surface area contributed by atoms with E-state index in [0.29, 0.717) is 22.7 Å². The second kappa shape index (κ2) is 8.12. The average molecular weight is 383 g/mol. The highest BCUT2D eigenvalue weighted by Crippen LogP contribution is 2.34. The predicted octanol–water partition coefficient (Wildman–Crippen LogP) is 6.18. The average Bonchev–Trinajstić information content (AvgIpc) is 2.56. The summed E-state index contributed by atoms with van der Waals surface area (Å²) in [7, 11) is 1.91. The van der Waals surface area contributed by atoms with Crippen LogP contribution >= 0.6 is 11.6 Å². The molecule has 0 aliphatic carbocycles. The van der Waals surface area contributed by atoms with Crippen molar-refractivity contribution in [3.8, 4) is 0 Å². The minimum atomic E-state index is -4.35. The zero-order valence-corrected chi connectivity index (χ0v) is 16.0. The molecule has 0 N–H and O–H groups in total. The van der Waals surface area contributed by atoms with Crippen molar-refractivity contribution >= 4 is 23.6 Å². The molecule has 0 fully saturated rings. The van der Waals surface area contributed by atoms with Crippen LogP contribution in [0.2, 0.25) is 5.02 Å². The van der Waals surface area contributed by atoms with E-state index in [-0.39, 0.29) is 5.56 Å². The molecule has 2 aromatic rings. The molecule has 0 unspecified atom stereocenters. The van der Waals surface area contributed by atoms with Gasteiger partial charge in [0, 0.05) is 13.6 Å². The lowest BCUT2D eigenvalue weighted by Gasteiger charge is -2.14. The van der Waals surface area contributed by atoms with E-state index < -0.39 is 11.7 Å². The smallest absolute Gasteiger partial charge is 0.366 e. The van der Waals surface area contributed by atoms with Gasteiger partial charge in [-0.1, -0.05) is 23.7 Å². The standard InChI is InChI=1S/C20H22ClF3N2/c1-5-26(4)12-25-19-8-14(3)16(11-18(19)21)9-15-7-6-13(2)17(10-15)20(22,23)24/h6-8,10-12H,5,9H2,1-4H3/b25-12-. The van der Waals surface area contributed by atoms with E-state index >= 15 is 0 Å². The summed E-state index contributed by atoms with van der Waals surface area (Å²) in [5.74, 6) is 0. The fourth-order valence-corrected chi connectivity index (χ4v) is 2.78. The van der Waals surface area contributed by atoms with Crippen LogP contribution in [0.1, 0.15) is 34.7 Å². The van der Waals surface area contributed by atoms with Crippen molar-refractivity contribution in [3.05, 3.63) is 63.2 Å². The van der Waals surface area contributed by atoms with Gasteiger partial charge in [-0.25, -0.2) is 4.99 Å². The highest BCUT2D eigenvalue weighted by Gasteiger charge is 2.32. The van der Waals surface area contributed by atoms with E-state index in [0.717, 1.165) is 17.7 Å². The molecule has 2 nitrogen and oxygen atoms in total.